The van der Waals surface area contributed by atoms with E-state index in [1.807, 2.05) is 14.0 Å². The molecule has 0 bridgehead atoms. The first kappa shape index (κ1) is 19.9. The summed E-state index contributed by atoms with van der Waals surface area (Å²) in [6.45, 7) is 4.93. The monoisotopic (exact) mass is 433 g/mol. The van der Waals surface area contributed by atoms with Gasteiger partial charge in [-0.1, -0.05) is 23.2 Å². The minimum atomic E-state index is -0.279. The van der Waals surface area contributed by atoms with E-state index in [9.17, 15) is 4.79 Å². The van der Waals surface area contributed by atoms with Gasteiger partial charge in [0.1, 0.15) is 12.1 Å². The molecule has 1 aliphatic rings. The molecule has 152 valence electrons. The van der Waals surface area contributed by atoms with Crippen LogP contribution in [-0.4, -0.2) is 62.8 Å². The molecule has 1 aromatic carbocycles. The predicted octanol–water partition coefficient (Wildman–Crippen LogP) is 2.82. The van der Waals surface area contributed by atoms with Gasteiger partial charge < -0.3 is 10.2 Å². The molecule has 10 heteroatoms. The van der Waals surface area contributed by atoms with E-state index in [0.717, 1.165) is 43.0 Å². The Kier molecular flexibility index (Phi) is 5.58. The molecule has 29 heavy (non-hydrogen) atoms. The van der Waals surface area contributed by atoms with E-state index in [0.29, 0.717) is 15.7 Å². The Bertz CT molecular complexity index is 1030. The van der Waals surface area contributed by atoms with Gasteiger partial charge in [-0.05, 0) is 25.1 Å². The Hall–Kier alpha value is -2.42. The number of aromatic nitrogens is 4. The largest absolute Gasteiger partial charge is 0.353 e. The first-order valence-corrected chi connectivity index (χ1v) is 10.1. The number of fused-ring (bicyclic) bond motifs is 1. The van der Waals surface area contributed by atoms with Crippen LogP contribution in [0.5, 0.6) is 0 Å². The van der Waals surface area contributed by atoms with E-state index in [-0.39, 0.29) is 11.9 Å². The quantitative estimate of drug-likeness (QED) is 0.681. The van der Waals surface area contributed by atoms with Gasteiger partial charge in [-0.15, -0.1) is 0 Å². The fraction of sp³-hybridized carbons (Fsp3) is 0.368. The van der Waals surface area contributed by atoms with Crippen molar-refractivity contribution in [1.82, 2.24) is 24.6 Å². The molecule has 1 fully saturated rings. The molecule has 1 atom stereocenters. The first-order valence-electron chi connectivity index (χ1n) is 9.31. The van der Waals surface area contributed by atoms with Crippen LogP contribution in [0.25, 0.3) is 11.0 Å². The van der Waals surface area contributed by atoms with Crippen LogP contribution >= 0.6 is 23.2 Å². The minimum Gasteiger partial charge on any atom is -0.353 e. The number of nitrogens with zero attached hydrogens (tertiary/aromatic N) is 6. The SMILES string of the molecule is C[C@H](C(=O)Nc1cc(Cl)cc(Cl)c1)N1CCN(c2ncnc3c2cnn3C)CC1. The average molecular weight is 434 g/mol. The molecule has 0 saturated carbocycles. The molecular formula is C19H21Cl2N7O. The Morgan fingerprint density at radius 1 is 1.10 bits per heavy atom. The number of carbonyl (C=O) groups excluding carboxylic acids is 1. The van der Waals surface area contributed by atoms with Crippen molar-refractivity contribution >= 4 is 51.6 Å². The number of rotatable bonds is 4. The summed E-state index contributed by atoms with van der Waals surface area (Å²) in [5, 5.41) is 9.08. The maximum Gasteiger partial charge on any atom is 0.241 e. The first-order chi connectivity index (χ1) is 13.9. The second kappa shape index (κ2) is 8.14. The molecule has 4 rings (SSSR count). The Morgan fingerprint density at radius 2 is 1.79 bits per heavy atom. The highest BCUT2D eigenvalue weighted by molar-refractivity contribution is 6.35. The second-order valence-corrected chi connectivity index (χ2v) is 7.92. The fourth-order valence-electron chi connectivity index (χ4n) is 3.56. The van der Waals surface area contributed by atoms with E-state index in [1.54, 1.807) is 35.4 Å². The lowest BCUT2D eigenvalue weighted by Gasteiger charge is -2.38. The lowest BCUT2D eigenvalue weighted by molar-refractivity contribution is -0.120. The number of anilines is 2. The third-order valence-corrected chi connectivity index (χ3v) is 5.62. The molecule has 3 aromatic rings. The summed E-state index contributed by atoms with van der Waals surface area (Å²) in [5.74, 6) is 0.793. The summed E-state index contributed by atoms with van der Waals surface area (Å²) in [6, 6.07) is 4.72. The molecule has 0 spiro atoms. The Balaban J connectivity index is 1.40. The van der Waals surface area contributed by atoms with Crippen LogP contribution in [0, 0.1) is 0 Å². The van der Waals surface area contributed by atoms with Crippen molar-refractivity contribution in [1.29, 1.82) is 0 Å². The summed E-state index contributed by atoms with van der Waals surface area (Å²) in [4.78, 5) is 25.8. The Morgan fingerprint density at radius 3 is 2.48 bits per heavy atom. The van der Waals surface area contributed by atoms with Gasteiger partial charge in [0.2, 0.25) is 5.91 Å². The predicted molar refractivity (Wildman–Crippen MR) is 115 cm³/mol. The summed E-state index contributed by atoms with van der Waals surface area (Å²) >= 11 is 12.0. The molecule has 3 heterocycles. The van der Waals surface area contributed by atoms with Crippen LogP contribution in [0.1, 0.15) is 6.92 Å². The lowest BCUT2D eigenvalue weighted by Crippen LogP contribution is -2.53. The van der Waals surface area contributed by atoms with Crippen LogP contribution < -0.4 is 10.2 Å². The average Bonchev–Trinajstić information content (AvgIpc) is 3.08. The standard InChI is InChI=1S/C19H21Cl2N7O/c1-12(19(29)25-15-8-13(20)7-14(21)9-15)27-3-5-28(6-4-27)18-16-10-24-26(2)17(16)22-11-23-18/h7-12H,3-6H2,1-2H3,(H,25,29)/t12-/m1/s1. The lowest BCUT2D eigenvalue weighted by atomic mass is 10.2. The van der Waals surface area contributed by atoms with E-state index in [2.05, 4.69) is 30.2 Å². The fourth-order valence-corrected chi connectivity index (χ4v) is 4.09. The molecule has 0 unspecified atom stereocenters. The number of aryl methyl sites for hydroxylation is 1. The van der Waals surface area contributed by atoms with Crippen LogP contribution in [0.4, 0.5) is 11.5 Å². The van der Waals surface area contributed by atoms with E-state index in [4.69, 9.17) is 23.2 Å². The number of carbonyl (C=O) groups is 1. The summed E-state index contributed by atoms with van der Waals surface area (Å²) < 4.78 is 1.74. The molecule has 2 aromatic heterocycles. The molecule has 1 amide bonds. The third kappa shape index (κ3) is 4.14. The van der Waals surface area contributed by atoms with Gasteiger partial charge in [-0.3, -0.25) is 14.4 Å². The Labute approximate surface area is 178 Å². The summed E-state index contributed by atoms with van der Waals surface area (Å²) in [7, 11) is 1.87. The number of amides is 1. The molecule has 1 aliphatic heterocycles. The van der Waals surface area contributed by atoms with Gasteiger partial charge >= 0.3 is 0 Å². The number of hydrogen-bond acceptors (Lipinski definition) is 6. The van der Waals surface area contributed by atoms with Gasteiger partial charge in [0.15, 0.2) is 5.65 Å². The number of benzene rings is 1. The highest BCUT2D eigenvalue weighted by Gasteiger charge is 2.27. The van der Waals surface area contributed by atoms with E-state index in [1.165, 1.54) is 0 Å². The zero-order valence-electron chi connectivity index (χ0n) is 16.1. The highest BCUT2D eigenvalue weighted by atomic mass is 35.5. The van der Waals surface area contributed by atoms with Crippen molar-refractivity contribution in [3.8, 4) is 0 Å². The van der Waals surface area contributed by atoms with E-state index >= 15 is 0 Å². The normalized spacial score (nSPS) is 16.2. The van der Waals surface area contributed by atoms with Crippen molar-refractivity contribution in [2.24, 2.45) is 7.05 Å². The summed E-state index contributed by atoms with van der Waals surface area (Å²) in [6.07, 6.45) is 3.36. The minimum absolute atomic E-state index is 0.0894. The van der Waals surface area contributed by atoms with Gasteiger partial charge in [0.05, 0.1) is 17.6 Å². The van der Waals surface area contributed by atoms with Gasteiger partial charge in [0, 0.05) is 49.0 Å². The number of nitrogens with one attached hydrogen (secondary N) is 1. The second-order valence-electron chi connectivity index (χ2n) is 7.05. The zero-order chi connectivity index (χ0) is 20.5. The zero-order valence-corrected chi connectivity index (χ0v) is 17.7. The van der Waals surface area contributed by atoms with Crippen LogP contribution in [0.15, 0.2) is 30.7 Å². The van der Waals surface area contributed by atoms with Crippen molar-refractivity contribution in [3.05, 3.63) is 40.8 Å². The maximum atomic E-state index is 12.7. The number of piperazine rings is 1. The van der Waals surface area contributed by atoms with Crippen molar-refractivity contribution in [2.45, 2.75) is 13.0 Å². The van der Waals surface area contributed by atoms with Gasteiger partial charge in [-0.25, -0.2) is 9.97 Å². The van der Waals surface area contributed by atoms with Gasteiger partial charge in [-0.2, -0.15) is 5.10 Å². The van der Waals surface area contributed by atoms with Crippen molar-refractivity contribution in [3.63, 3.8) is 0 Å². The number of hydrogen-bond donors (Lipinski definition) is 1. The van der Waals surface area contributed by atoms with Crippen LogP contribution in [0.2, 0.25) is 10.0 Å². The third-order valence-electron chi connectivity index (χ3n) is 5.18. The van der Waals surface area contributed by atoms with Crippen molar-refractivity contribution < 1.29 is 4.79 Å². The molecular weight excluding hydrogens is 413 g/mol. The van der Waals surface area contributed by atoms with Crippen LogP contribution in [0.3, 0.4) is 0 Å². The highest BCUT2D eigenvalue weighted by Crippen LogP contribution is 2.25. The van der Waals surface area contributed by atoms with Crippen molar-refractivity contribution in [2.75, 3.05) is 36.4 Å². The van der Waals surface area contributed by atoms with E-state index < -0.39 is 0 Å². The molecule has 0 radical (unpaired) electrons. The molecule has 1 N–H and O–H groups in total. The molecule has 8 nitrogen and oxygen atoms in total. The van der Waals surface area contributed by atoms with Crippen LogP contribution in [-0.2, 0) is 11.8 Å². The maximum absolute atomic E-state index is 12.7. The topological polar surface area (TPSA) is 79.2 Å². The number of halogens is 2. The molecule has 1 saturated heterocycles. The summed E-state index contributed by atoms with van der Waals surface area (Å²) in [5.41, 5.74) is 1.41. The van der Waals surface area contributed by atoms with Gasteiger partial charge in [0.25, 0.3) is 0 Å². The smallest absolute Gasteiger partial charge is 0.241 e. The molecule has 0 aliphatic carbocycles.